The lowest BCUT2D eigenvalue weighted by Crippen LogP contribution is -2.07. The highest BCUT2D eigenvalue weighted by molar-refractivity contribution is 5.90. The zero-order valence-corrected chi connectivity index (χ0v) is 11.5. The fourth-order valence-corrected chi connectivity index (χ4v) is 1.70. The highest BCUT2D eigenvalue weighted by Crippen LogP contribution is 2.24. The molecule has 0 bridgehead atoms. The maximum atomic E-state index is 11.1. The average molecular weight is 275 g/mol. The first-order valence-electron chi connectivity index (χ1n) is 6.50. The molecular weight excluding hydrogens is 258 g/mol. The van der Waals surface area contributed by atoms with Crippen molar-refractivity contribution in [2.24, 2.45) is 0 Å². The van der Waals surface area contributed by atoms with Crippen molar-refractivity contribution in [1.29, 1.82) is 0 Å². The van der Waals surface area contributed by atoms with Crippen LogP contribution in [0.5, 0.6) is 5.75 Å². The number of benzene rings is 1. The second-order valence-corrected chi connectivity index (χ2v) is 4.32. The van der Waals surface area contributed by atoms with Gasteiger partial charge in [-0.3, -0.25) is 4.79 Å². The number of nitrogens with zero attached hydrogens (tertiary/aromatic N) is 2. The zero-order chi connectivity index (χ0) is 14.4. The molecule has 1 aromatic carbocycles. The van der Waals surface area contributed by atoms with Gasteiger partial charge in [-0.05, 0) is 18.6 Å². The Labute approximate surface area is 117 Å². The number of nitrogens with one attached hydrogen (secondary N) is 1. The molecule has 0 spiro atoms. The van der Waals surface area contributed by atoms with Gasteiger partial charge in [0.1, 0.15) is 5.75 Å². The van der Waals surface area contributed by atoms with Crippen molar-refractivity contribution in [3.05, 3.63) is 36.0 Å². The molecule has 6 heteroatoms. The standard InChI is InChI=1S/C14H17N3O3/c1-3-6-13-16-14(20-17-13)9-19-12-8-5-4-7-11(12)15-10(2)18/h4-5,7-8H,3,6,9H2,1-2H3,(H,15,18). The molecule has 0 saturated heterocycles. The predicted molar refractivity (Wildman–Crippen MR) is 73.4 cm³/mol. The molecule has 0 unspecified atom stereocenters. The molecule has 1 heterocycles. The van der Waals surface area contributed by atoms with E-state index >= 15 is 0 Å². The molecular formula is C14H17N3O3. The topological polar surface area (TPSA) is 77.3 Å². The van der Waals surface area contributed by atoms with Crippen molar-refractivity contribution in [2.75, 3.05) is 5.32 Å². The number of amides is 1. The third-order valence-electron chi connectivity index (χ3n) is 2.53. The van der Waals surface area contributed by atoms with E-state index in [1.165, 1.54) is 6.92 Å². The van der Waals surface area contributed by atoms with Crippen LogP contribution in [0.2, 0.25) is 0 Å². The van der Waals surface area contributed by atoms with Crippen molar-refractivity contribution < 1.29 is 14.1 Å². The number of carbonyl (C=O) groups is 1. The van der Waals surface area contributed by atoms with Gasteiger partial charge in [-0.1, -0.05) is 24.2 Å². The van der Waals surface area contributed by atoms with Crippen LogP contribution >= 0.6 is 0 Å². The molecule has 6 nitrogen and oxygen atoms in total. The lowest BCUT2D eigenvalue weighted by Gasteiger charge is -2.09. The van der Waals surface area contributed by atoms with Crippen molar-refractivity contribution in [1.82, 2.24) is 10.1 Å². The van der Waals surface area contributed by atoms with Crippen LogP contribution in [0, 0.1) is 0 Å². The number of aromatic nitrogens is 2. The number of para-hydroxylation sites is 2. The van der Waals surface area contributed by atoms with Crippen molar-refractivity contribution in [3.8, 4) is 5.75 Å². The lowest BCUT2D eigenvalue weighted by atomic mass is 10.3. The van der Waals surface area contributed by atoms with Crippen LogP contribution in [0.4, 0.5) is 5.69 Å². The molecule has 1 amide bonds. The van der Waals surface area contributed by atoms with Crippen LogP contribution in [0.1, 0.15) is 32.0 Å². The van der Waals surface area contributed by atoms with Gasteiger partial charge in [0.15, 0.2) is 12.4 Å². The van der Waals surface area contributed by atoms with E-state index in [2.05, 4.69) is 22.4 Å². The van der Waals surface area contributed by atoms with Crippen LogP contribution in [-0.4, -0.2) is 16.0 Å². The van der Waals surface area contributed by atoms with Crippen LogP contribution in [0.15, 0.2) is 28.8 Å². The number of hydrogen-bond acceptors (Lipinski definition) is 5. The third-order valence-corrected chi connectivity index (χ3v) is 2.53. The Bertz CT molecular complexity index is 581. The van der Waals surface area contributed by atoms with E-state index in [0.29, 0.717) is 23.2 Å². The van der Waals surface area contributed by atoms with Gasteiger partial charge in [-0.15, -0.1) is 0 Å². The quantitative estimate of drug-likeness (QED) is 0.876. The van der Waals surface area contributed by atoms with Gasteiger partial charge in [-0.2, -0.15) is 4.98 Å². The monoisotopic (exact) mass is 275 g/mol. The van der Waals surface area contributed by atoms with Crippen molar-refractivity contribution >= 4 is 11.6 Å². The number of carbonyl (C=O) groups excluding carboxylic acids is 1. The summed E-state index contributed by atoms with van der Waals surface area (Å²) in [7, 11) is 0. The molecule has 0 aliphatic heterocycles. The first-order valence-corrected chi connectivity index (χ1v) is 6.50. The summed E-state index contributed by atoms with van der Waals surface area (Å²) in [6.45, 7) is 3.68. The fraction of sp³-hybridized carbons (Fsp3) is 0.357. The summed E-state index contributed by atoms with van der Waals surface area (Å²) in [6, 6.07) is 7.20. The van der Waals surface area contributed by atoms with Gasteiger partial charge < -0.3 is 14.6 Å². The lowest BCUT2D eigenvalue weighted by molar-refractivity contribution is -0.114. The van der Waals surface area contributed by atoms with Crippen LogP contribution in [0.3, 0.4) is 0 Å². The minimum atomic E-state index is -0.149. The Hall–Kier alpha value is -2.37. The molecule has 20 heavy (non-hydrogen) atoms. The van der Waals surface area contributed by atoms with E-state index in [4.69, 9.17) is 9.26 Å². The van der Waals surface area contributed by atoms with Crippen LogP contribution in [-0.2, 0) is 17.8 Å². The predicted octanol–water partition coefficient (Wildman–Crippen LogP) is 2.56. The normalized spacial score (nSPS) is 10.3. The van der Waals surface area contributed by atoms with Gasteiger partial charge >= 0.3 is 0 Å². The summed E-state index contributed by atoms with van der Waals surface area (Å²) in [4.78, 5) is 15.3. The highest BCUT2D eigenvalue weighted by atomic mass is 16.5. The Morgan fingerprint density at radius 1 is 1.40 bits per heavy atom. The van der Waals surface area contributed by atoms with Gasteiger partial charge in [0, 0.05) is 13.3 Å². The molecule has 1 N–H and O–H groups in total. The molecule has 0 atom stereocenters. The first kappa shape index (κ1) is 14.0. The van der Waals surface area contributed by atoms with Gasteiger partial charge in [0.25, 0.3) is 5.89 Å². The zero-order valence-electron chi connectivity index (χ0n) is 11.5. The Kier molecular flexibility index (Phi) is 4.70. The summed E-state index contributed by atoms with van der Waals surface area (Å²) in [5.74, 6) is 1.52. The molecule has 106 valence electrons. The van der Waals surface area contributed by atoms with E-state index < -0.39 is 0 Å². The van der Waals surface area contributed by atoms with Gasteiger partial charge in [-0.25, -0.2) is 0 Å². The van der Waals surface area contributed by atoms with E-state index in [1.54, 1.807) is 12.1 Å². The van der Waals surface area contributed by atoms with E-state index in [1.807, 2.05) is 12.1 Å². The molecule has 1 aromatic heterocycles. The number of aryl methyl sites for hydroxylation is 1. The second-order valence-electron chi connectivity index (χ2n) is 4.32. The largest absolute Gasteiger partial charge is 0.482 e. The number of anilines is 1. The molecule has 0 aliphatic rings. The number of ether oxygens (including phenoxy) is 1. The maximum absolute atomic E-state index is 11.1. The minimum absolute atomic E-state index is 0.149. The highest BCUT2D eigenvalue weighted by Gasteiger charge is 2.09. The van der Waals surface area contributed by atoms with E-state index in [0.717, 1.165) is 12.8 Å². The number of rotatable bonds is 6. The van der Waals surface area contributed by atoms with E-state index in [-0.39, 0.29) is 12.5 Å². The Balaban J connectivity index is 2.00. The molecule has 2 aromatic rings. The molecule has 0 fully saturated rings. The maximum Gasteiger partial charge on any atom is 0.264 e. The Morgan fingerprint density at radius 3 is 2.95 bits per heavy atom. The van der Waals surface area contributed by atoms with Crippen LogP contribution in [0.25, 0.3) is 0 Å². The smallest absolute Gasteiger partial charge is 0.264 e. The minimum Gasteiger partial charge on any atom is -0.482 e. The summed E-state index contributed by atoms with van der Waals surface area (Å²) < 4.78 is 10.7. The second kappa shape index (κ2) is 6.70. The summed E-state index contributed by atoms with van der Waals surface area (Å²) in [5.41, 5.74) is 0.619. The van der Waals surface area contributed by atoms with Gasteiger partial charge in [0.2, 0.25) is 5.91 Å². The summed E-state index contributed by atoms with van der Waals surface area (Å²) in [5, 5.41) is 6.56. The Morgan fingerprint density at radius 2 is 2.20 bits per heavy atom. The van der Waals surface area contributed by atoms with E-state index in [9.17, 15) is 4.79 Å². The third kappa shape index (κ3) is 3.81. The summed E-state index contributed by atoms with van der Waals surface area (Å²) in [6.07, 6.45) is 1.75. The fourth-order valence-electron chi connectivity index (χ4n) is 1.70. The summed E-state index contributed by atoms with van der Waals surface area (Å²) >= 11 is 0. The van der Waals surface area contributed by atoms with Crippen molar-refractivity contribution in [2.45, 2.75) is 33.3 Å². The van der Waals surface area contributed by atoms with Gasteiger partial charge in [0.05, 0.1) is 5.69 Å². The first-order chi connectivity index (χ1) is 9.69. The average Bonchev–Trinajstić information content (AvgIpc) is 2.85. The van der Waals surface area contributed by atoms with Crippen molar-refractivity contribution in [3.63, 3.8) is 0 Å². The molecule has 0 aliphatic carbocycles. The van der Waals surface area contributed by atoms with Crippen LogP contribution < -0.4 is 10.1 Å². The molecule has 2 rings (SSSR count). The number of hydrogen-bond donors (Lipinski definition) is 1. The molecule has 0 saturated carbocycles. The molecule has 0 radical (unpaired) electrons. The SMILES string of the molecule is CCCc1noc(COc2ccccc2NC(C)=O)n1.